The zero-order valence-electron chi connectivity index (χ0n) is 13.0. The molecular formula is C15H24N2O3S. The Morgan fingerprint density at radius 1 is 1.43 bits per heavy atom. The third-order valence-electron chi connectivity index (χ3n) is 4.33. The van der Waals surface area contributed by atoms with Crippen LogP contribution in [-0.2, 0) is 14.8 Å². The lowest BCUT2D eigenvalue weighted by Gasteiger charge is -2.51. The lowest BCUT2D eigenvalue weighted by atomic mass is 9.65. The molecular weight excluding hydrogens is 288 g/mol. The highest BCUT2D eigenvalue weighted by Gasteiger charge is 2.50. The van der Waals surface area contributed by atoms with E-state index in [1.165, 1.54) is 0 Å². The SMILES string of the molecule is CCOC1CC(NS(=O)(=O)c2ccc(N)cc2C)C1(C)C. The molecule has 118 valence electrons. The minimum Gasteiger partial charge on any atom is -0.399 e. The highest BCUT2D eigenvalue weighted by molar-refractivity contribution is 7.89. The molecule has 0 radical (unpaired) electrons. The first-order valence-corrected chi connectivity index (χ1v) is 8.67. The molecule has 2 unspecified atom stereocenters. The minimum atomic E-state index is -3.54. The molecule has 0 aromatic heterocycles. The smallest absolute Gasteiger partial charge is 0.241 e. The number of ether oxygens (including phenoxy) is 1. The van der Waals surface area contributed by atoms with Crippen molar-refractivity contribution in [1.82, 2.24) is 4.72 Å². The van der Waals surface area contributed by atoms with Crippen LogP contribution in [0, 0.1) is 12.3 Å². The van der Waals surface area contributed by atoms with E-state index >= 15 is 0 Å². The summed E-state index contributed by atoms with van der Waals surface area (Å²) in [5.41, 5.74) is 6.68. The second kappa shape index (κ2) is 5.59. The second-order valence-electron chi connectivity index (χ2n) is 6.20. The highest BCUT2D eigenvalue weighted by atomic mass is 32.2. The van der Waals surface area contributed by atoms with E-state index in [-0.39, 0.29) is 22.5 Å². The molecule has 1 aliphatic carbocycles. The maximum absolute atomic E-state index is 12.5. The van der Waals surface area contributed by atoms with E-state index in [1.54, 1.807) is 25.1 Å². The van der Waals surface area contributed by atoms with Crippen LogP contribution in [0.15, 0.2) is 23.1 Å². The molecule has 0 amide bonds. The van der Waals surface area contributed by atoms with Gasteiger partial charge in [-0.2, -0.15) is 0 Å². The summed E-state index contributed by atoms with van der Waals surface area (Å²) < 4.78 is 33.5. The highest BCUT2D eigenvalue weighted by Crippen LogP contribution is 2.43. The number of nitrogens with two attached hydrogens (primary N) is 1. The van der Waals surface area contributed by atoms with Gasteiger partial charge in [-0.15, -0.1) is 0 Å². The normalized spacial score (nSPS) is 24.6. The Balaban J connectivity index is 2.16. The lowest BCUT2D eigenvalue weighted by Crippen LogP contribution is -2.61. The topological polar surface area (TPSA) is 81.4 Å². The molecule has 1 saturated carbocycles. The molecule has 2 atom stereocenters. The Kier molecular flexibility index (Phi) is 4.33. The van der Waals surface area contributed by atoms with Gasteiger partial charge in [0.2, 0.25) is 10.0 Å². The third-order valence-corrected chi connectivity index (χ3v) is 5.96. The summed E-state index contributed by atoms with van der Waals surface area (Å²) in [6.07, 6.45) is 0.802. The standard InChI is InChI=1S/C15H24N2O3S/c1-5-20-14-9-13(15(14,3)4)17-21(18,19)12-7-6-11(16)8-10(12)2/h6-8,13-14,17H,5,9,16H2,1-4H3. The van der Waals surface area contributed by atoms with Crippen molar-refractivity contribution in [3.8, 4) is 0 Å². The number of hydrogen-bond acceptors (Lipinski definition) is 4. The van der Waals surface area contributed by atoms with Gasteiger partial charge in [0.1, 0.15) is 0 Å². The maximum Gasteiger partial charge on any atom is 0.241 e. The van der Waals surface area contributed by atoms with Crippen molar-refractivity contribution in [2.45, 2.75) is 51.2 Å². The van der Waals surface area contributed by atoms with Crippen LogP contribution in [-0.4, -0.2) is 27.2 Å². The number of nitrogens with one attached hydrogen (secondary N) is 1. The van der Waals surface area contributed by atoms with Gasteiger partial charge in [0.25, 0.3) is 0 Å². The van der Waals surface area contributed by atoms with Crippen LogP contribution in [0.4, 0.5) is 5.69 Å². The van der Waals surface area contributed by atoms with E-state index in [4.69, 9.17) is 10.5 Å². The summed E-state index contributed by atoms with van der Waals surface area (Å²) in [6, 6.07) is 4.72. The number of hydrogen-bond donors (Lipinski definition) is 2. The number of anilines is 1. The van der Waals surface area contributed by atoms with Crippen LogP contribution in [0.5, 0.6) is 0 Å². The fourth-order valence-corrected chi connectivity index (χ4v) is 4.43. The molecule has 0 heterocycles. The predicted octanol–water partition coefficient (Wildman–Crippen LogP) is 2.06. The number of benzene rings is 1. The van der Waals surface area contributed by atoms with Crippen LogP contribution in [0.2, 0.25) is 0 Å². The van der Waals surface area contributed by atoms with Crippen LogP contribution < -0.4 is 10.5 Å². The first kappa shape index (κ1) is 16.3. The minimum absolute atomic E-state index is 0.0997. The van der Waals surface area contributed by atoms with Gasteiger partial charge in [0, 0.05) is 23.8 Å². The zero-order chi connectivity index (χ0) is 15.8. The summed E-state index contributed by atoms with van der Waals surface area (Å²) in [6.45, 7) is 8.40. The summed E-state index contributed by atoms with van der Waals surface area (Å²) in [5.74, 6) is 0. The van der Waals surface area contributed by atoms with E-state index in [1.807, 2.05) is 20.8 Å². The van der Waals surface area contributed by atoms with Crippen molar-refractivity contribution in [2.24, 2.45) is 5.41 Å². The molecule has 3 N–H and O–H groups in total. The van der Waals surface area contributed by atoms with Crippen molar-refractivity contribution < 1.29 is 13.2 Å². The Morgan fingerprint density at radius 3 is 2.62 bits per heavy atom. The van der Waals surface area contributed by atoms with Crippen molar-refractivity contribution in [3.63, 3.8) is 0 Å². The van der Waals surface area contributed by atoms with Crippen molar-refractivity contribution in [3.05, 3.63) is 23.8 Å². The first-order valence-electron chi connectivity index (χ1n) is 7.18. The Bertz CT molecular complexity index is 626. The largest absolute Gasteiger partial charge is 0.399 e. The molecule has 1 aromatic carbocycles. The van der Waals surface area contributed by atoms with E-state index in [2.05, 4.69) is 4.72 Å². The first-order chi connectivity index (χ1) is 9.68. The quantitative estimate of drug-likeness (QED) is 0.815. The average molecular weight is 312 g/mol. The van der Waals surface area contributed by atoms with Crippen LogP contribution in [0.1, 0.15) is 32.8 Å². The van der Waals surface area contributed by atoms with Gasteiger partial charge < -0.3 is 10.5 Å². The van der Waals surface area contributed by atoms with Crippen molar-refractivity contribution in [2.75, 3.05) is 12.3 Å². The van der Waals surface area contributed by atoms with E-state index in [0.29, 0.717) is 24.3 Å². The van der Waals surface area contributed by atoms with Crippen molar-refractivity contribution in [1.29, 1.82) is 0 Å². The monoisotopic (exact) mass is 312 g/mol. The van der Waals surface area contributed by atoms with Gasteiger partial charge >= 0.3 is 0 Å². The molecule has 6 heteroatoms. The molecule has 21 heavy (non-hydrogen) atoms. The van der Waals surface area contributed by atoms with Crippen molar-refractivity contribution >= 4 is 15.7 Å². The Labute approximate surface area is 126 Å². The molecule has 1 aromatic rings. The van der Waals surface area contributed by atoms with Gasteiger partial charge in [0.05, 0.1) is 11.0 Å². The molecule has 2 rings (SSSR count). The van der Waals surface area contributed by atoms with Crippen LogP contribution in [0.25, 0.3) is 0 Å². The average Bonchev–Trinajstić information content (AvgIpc) is 2.37. The number of sulfonamides is 1. The predicted molar refractivity (Wildman–Crippen MR) is 83.5 cm³/mol. The second-order valence-corrected chi connectivity index (χ2v) is 7.88. The maximum atomic E-state index is 12.5. The lowest BCUT2D eigenvalue weighted by molar-refractivity contribution is -0.108. The summed E-state index contributed by atoms with van der Waals surface area (Å²) in [7, 11) is -3.54. The summed E-state index contributed by atoms with van der Waals surface area (Å²) in [4.78, 5) is 0.285. The van der Waals surface area contributed by atoms with E-state index < -0.39 is 10.0 Å². The fraction of sp³-hybridized carbons (Fsp3) is 0.600. The summed E-state index contributed by atoms with van der Waals surface area (Å²) in [5, 5.41) is 0. The van der Waals surface area contributed by atoms with Gasteiger partial charge in [-0.25, -0.2) is 13.1 Å². The number of rotatable bonds is 5. The molecule has 1 fully saturated rings. The van der Waals surface area contributed by atoms with Gasteiger partial charge in [-0.05, 0) is 44.0 Å². The van der Waals surface area contributed by atoms with Crippen LogP contribution in [0.3, 0.4) is 0 Å². The van der Waals surface area contributed by atoms with Gasteiger partial charge in [-0.1, -0.05) is 13.8 Å². The third kappa shape index (κ3) is 3.07. The zero-order valence-corrected chi connectivity index (χ0v) is 13.8. The van der Waals surface area contributed by atoms with E-state index in [9.17, 15) is 8.42 Å². The molecule has 5 nitrogen and oxygen atoms in total. The van der Waals surface area contributed by atoms with Gasteiger partial charge in [0.15, 0.2) is 0 Å². The Morgan fingerprint density at radius 2 is 2.10 bits per heavy atom. The fourth-order valence-electron chi connectivity index (χ4n) is 2.79. The molecule has 0 saturated heterocycles. The molecule has 1 aliphatic rings. The van der Waals surface area contributed by atoms with Crippen LogP contribution >= 0.6 is 0 Å². The Hall–Kier alpha value is -1.11. The molecule has 0 bridgehead atoms. The summed E-state index contributed by atoms with van der Waals surface area (Å²) >= 11 is 0. The molecule has 0 spiro atoms. The number of nitrogen functional groups attached to an aromatic ring is 1. The van der Waals surface area contributed by atoms with E-state index in [0.717, 1.165) is 0 Å². The van der Waals surface area contributed by atoms with Gasteiger partial charge in [-0.3, -0.25) is 0 Å². The number of aryl methyl sites for hydroxylation is 1. The molecule has 0 aliphatic heterocycles.